The Hall–Kier alpha value is -3.06. The lowest BCUT2D eigenvalue weighted by Gasteiger charge is -2.13. The minimum atomic E-state index is -0.295. The quantitative estimate of drug-likeness (QED) is 0.226. The van der Waals surface area contributed by atoms with Crippen LogP contribution >= 0.6 is 0 Å². The van der Waals surface area contributed by atoms with Crippen LogP contribution < -0.4 is 18.9 Å². The number of benzene rings is 2. The summed E-state index contributed by atoms with van der Waals surface area (Å²) < 4.78 is 27.7. The zero-order valence-corrected chi connectivity index (χ0v) is 20.0. The number of carbonyl (C=O) groups excluding carboxylic acids is 2. The first-order valence-corrected chi connectivity index (χ1v) is 11.5. The smallest absolute Gasteiger partial charge is 0.311 e. The van der Waals surface area contributed by atoms with E-state index in [0.29, 0.717) is 75.1 Å². The minimum absolute atomic E-state index is 0.295. The van der Waals surface area contributed by atoms with Crippen LogP contribution in [0.1, 0.15) is 51.7 Å². The molecule has 33 heavy (non-hydrogen) atoms. The largest absolute Gasteiger partial charge is 0.490 e. The Kier molecular flexibility index (Phi) is 11.2. The van der Waals surface area contributed by atoms with Gasteiger partial charge in [-0.25, -0.2) is 0 Å². The van der Waals surface area contributed by atoms with E-state index >= 15 is 0 Å². The Morgan fingerprint density at radius 3 is 1.42 bits per heavy atom. The lowest BCUT2D eigenvalue weighted by molar-refractivity contribution is -0.135. The van der Waals surface area contributed by atoms with Gasteiger partial charge >= 0.3 is 11.9 Å². The number of rotatable bonds is 14. The van der Waals surface area contributed by atoms with Gasteiger partial charge in [0.2, 0.25) is 0 Å². The van der Waals surface area contributed by atoms with Gasteiger partial charge in [-0.1, -0.05) is 26.0 Å². The van der Waals surface area contributed by atoms with Crippen molar-refractivity contribution >= 4 is 11.9 Å². The van der Waals surface area contributed by atoms with Gasteiger partial charge in [0.15, 0.2) is 23.0 Å². The lowest BCUT2D eigenvalue weighted by atomic mass is 10.1. The van der Waals surface area contributed by atoms with Crippen LogP contribution in [0.5, 0.6) is 23.0 Å². The maximum absolute atomic E-state index is 11.6. The van der Waals surface area contributed by atoms with Crippen LogP contribution in [0, 0.1) is 0 Å². The highest BCUT2D eigenvalue weighted by Crippen LogP contribution is 2.30. The molecule has 0 radical (unpaired) electrons. The molecule has 0 heterocycles. The molecule has 0 saturated carbocycles. The summed E-state index contributed by atoms with van der Waals surface area (Å²) in [5, 5.41) is 0. The third kappa shape index (κ3) is 8.77. The van der Waals surface area contributed by atoms with Crippen molar-refractivity contribution in [2.75, 3.05) is 26.4 Å². The Labute approximate surface area is 195 Å². The van der Waals surface area contributed by atoms with Gasteiger partial charge in [-0.05, 0) is 62.1 Å². The molecule has 2 aromatic rings. The van der Waals surface area contributed by atoms with Crippen molar-refractivity contribution < 1.29 is 33.3 Å². The predicted molar refractivity (Wildman–Crippen MR) is 125 cm³/mol. The van der Waals surface area contributed by atoms with Gasteiger partial charge in [-0.3, -0.25) is 9.59 Å². The molecule has 2 rings (SSSR count). The predicted octanol–water partition coefficient (Wildman–Crippen LogP) is 4.92. The Bertz CT molecular complexity index is 834. The first-order chi connectivity index (χ1) is 16.0. The van der Waals surface area contributed by atoms with Gasteiger partial charge in [0.05, 0.1) is 26.4 Å². The highest BCUT2D eigenvalue weighted by Gasteiger charge is 2.12. The fourth-order valence-corrected chi connectivity index (χ4v) is 2.99. The fourth-order valence-electron chi connectivity index (χ4n) is 2.99. The van der Waals surface area contributed by atoms with Crippen LogP contribution in [0.4, 0.5) is 0 Å². The molecule has 0 N–H and O–H groups in total. The molecule has 0 aromatic heterocycles. The van der Waals surface area contributed by atoms with Crippen molar-refractivity contribution in [2.45, 2.75) is 53.4 Å². The van der Waals surface area contributed by atoms with E-state index in [0.717, 1.165) is 11.1 Å². The third-order valence-electron chi connectivity index (χ3n) is 4.71. The van der Waals surface area contributed by atoms with Gasteiger partial charge in [0.25, 0.3) is 0 Å². The molecule has 0 saturated heterocycles. The summed E-state index contributed by atoms with van der Waals surface area (Å²) >= 11 is 0. The van der Waals surface area contributed by atoms with E-state index in [2.05, 4.69) is 0 Å². The molecular formula is C26H34O7. The van der Waals surface area contributed by atoms with Crippen LogP contribution in [0.2, 0.25) is 0 Å². The fraction of sp³-hybridized carbons (Fsp3) is 0.462. The Morgan fingerprint density at radius 1 is 0.636 bits per heavy atom. The molecule has 0 unspecified atom stereocenters. The second-order valence-corrected chi connectivity index (χ2v) is 7.20. The molecule has 0 bridgehead atoms. The number of esters is 2. The molecule has 0 spiro atoms. The number of hydrogen-bond acceptors (Lipinski definition) is 7. The van der Waals surface area contributed by atoms with Crippen molar-refractivity contribution in [1.82, 2.24) is 0 Å². The van der Waals surface area contributed by atoms with Gasteiger partial charge in [-0.15, -0.1) is 0 Å². The number of carbonyl (C=O) groups is 2. The maximum Gasteiger partial charge on any atom is 0.311 e. The number of ether oxygens (including phenoxy) is 5. The molecule has 180 valence electrons. The van der Waals surface area contributed by atoms with Gasteiger partial charge in [0, 0.05) is 12.8 Å². The van der Waals surface area contributed by atoms with Crippen molar-refractivity contribution in [3.8, 4) is 23.0 Å². The summed E-state index contributed by atoms with van der Waals surface area (Å²) in [6.45, 7) is 9.34. The first kappa shape index (κ1) is 26.2. The van der Waals surface area contributed by atoms with Crippen LogP contribution in [0.15, 0.2) is 36.4 Å². The second kappa shape index (κ2) is 14.2. The average Bonchev–Trinajstić information content (AvgIpc) is 2.82. The summed E-state index contributed by atoms with van der Waals surface area (Å²) in [5.74, 6) is 1.40. The second-order valence-electron chi connectivity index (χ2n) is 7.20. The number of hydrogen-bond donors (Lipinski definition) is 0. The van der Waals surface area contributed by atoms with Crippen LogP contribution in [0.25, 0.3) is 0 Å². The van der Waals surface area contributed by atoms with E-state index in [-0.39, 0.29) is 11.9 Å². The monoisotopic (exact) mass is 458 g/mol. The zero-order chi connectivity index (χ0) is 24.1. The van der Waals surface area contributed by atoms with Crippen LogP contribution in [0.3, 0.4) is 0 Å². The minimum Gasteiger partial charge on any atom is -0.490 e. The molecule has 0 atom stereocenters. The van der Waals surface area contributed by atoms with E-state index in [1.54, 1.807) is 26.0 Å². The summed E-state index contributed by atoms with van der Waals surface area (Å²) in [6, 6.07) is 11.1. The lowest BCUT2D eigenvalue weighted by Crippen LogP contribution is -2.08. The summed E-state index contributed by atoms with van der Waals surface area (Å²) in [4.78, 5) is 23.2. The topological polar surface area (TPSA) is 80.3 Å². The van der Waals surface area contributed by atoms with Crippen LogP contribution in [-0.4, -0.2) is 38.4 Å². The average molecular weight is 459 g/mol. The van der Waals surface area contributed by atoms with Crippen molar-refractivity contribution in [3.05, 3.63) is 47.5 Å². The van der Waals surface area contributed by atoms with Crippen molar-refractivity contribution in [3.63, 3.8) is 0 Å². The SMILES string of the molecule is CCOc1cc(CCOCCc2ccc(OC(=O)CC)c(OCC)c2)ccc1OC(=O)CC. The molecule has 0 aliphatic heterocycles. The molecule has 0 fully saturated rings. The van der Waals surface area contributed by atoms with E-state index in [1.165, 1.54) is 0 Å². The molecule has 0 aliphatic carbocycles. The Morgan fingerprint density at radius 2 is 1.06 bits per heavy atom. The van der Waals surface area contributed by atoms with Crippen LogP contribution in [-0.2, 0) is 27.2 Å². The van der Waals surface area contributed by atoms with Gasteiger partial charge in [-0.2, -0.15) is 0 Å². The molecular weight excluding hydrogens is 424 g/mol. The van der Waals surface area contributed by atoms with Crippen molar-refractivity contribution in [1.29, 1.82) is 0 Å². The zero-order valence-electron chi connectivity index (χ0n) is 20.0. The molecule has 0 aliphatic rings. The molecule has 7 nitrogen and oxygen atoms in total. The maximum atomic E-state index is 11.6. The van der Waals surface area contributed by atoms with E-state index in [9.17, 15) is 9.59 Å². The standard InChI is InChI=1S/C26H34O7/c1-5-25(27)32-21-11-9-19(17-23(21)30-7-3)13-15-29-16-14-20-10-12-22(33-26(28)6-2)24(18-20)31-8-4/h9-12,17-18H,5-8,13-16H2,1-4H3. The van der Waals surface area contributed by atoms with E-state index in [4.69, 9.17) is 23.7 Å². The normalized spacial score (nSPS) is 10.5. The highest BCUT2D eigenvalue weighted by molar-refractivity contribution is 5.73. The third-order valence-corrected chi connectivity index (χ3v) is 4.71. The highest BCUT2D eigenvalue weighted by atomic mass is 16.6. The molecule has 0 amide bonds. The first-order valence-electron chi connectivity index (χ1n) is 11.5. The summed E-state index contributed by atoms with van der Waals surface area (Å²) in [6.07, 6.45) is 2.02. The summed E-state index contributed by atoms with van der Waals surface area (Å²) in [5.41, 5.74) is 2.07. The van der Waals surface area contributed by atoms with Gasteiger partial charge in [0.1, 0.15) is 0 Å². The van der Waals surface area contributed by atoms with E-state index < -0.39 is 0 Å². The Balaban J connectivity index is 1.87. The van der Waals surface area contributed by atoms with Crippen molar-refractivity contribution in [2.24, 2.45) is 0 Å². The summed E-state index contributed by atoms with van der Waals surface area (Å²) in [7, 11) is 0. The molecule has 7 heteroatoms. The van der Waals surface area contributed by atoms with E-state index in [1.807, 2.05) is 38.1 Å². The molecule has 2 aromatic carbocycles. The van der Waals surface area contributed by atoms with Gasteiger partial charge < -0.3 is 23.7 Å².